The molecule has 0 saturated carbocycles. The Morgan fingerprint density at radius 1 is 1.39 bits per heavy atom. The van der Waals surface area contributed by atoms with Gasteiger partial charge in [-0.3, -0.25) is 4.79 Å². The van der Waals surface area contributed by atoms with Crippen LogP contribution in [-0.4, -0.2) is 28.4 Å². The highest BCUT2D eigenvalue weighted by molar-refractivity contribution is 7.99. The van der Waals surface area contributed by atoms with Crippen molar-refractivity contribution in [3.8, 4) is 0 Å². The standard InChI is InChI=1S/C14H21NO2S/c1-11(13(17)15-14(2,3)10-16)18-9-12-7-5-4-6-8-12/h4-8,11,16H,9-10H2,1-3H3,(H,15,17). The molecule has 0 aromatic heterocycles. The number of rotatable bonds is 6. The molecule has 0 aliphatic carbocycles. The maximum atomic E-state index is 11.9. The Balaban J connectivity index is 2.41. The number of hydrogen-bond donors (Lipinski definition) is 2. The molecule has 0 aliphatic rings. The van der Waals surface area contributed by atoms with Gasteiger partial charge in [0.15, 0.2) is 0 Å². The molecule has 18 heavy (non-hydrogen) atoms. The first-order chi connectivity index (χ1) is 8.44. The fraction of sp³-hybridized carbons (Fsp3) is 0.500. The highest BCUT2D eigenvalue weighted by atomic mass is 32.2. The van der Waals surface area contributed by atoms with Gasteiger partial charge in [0, 0.05) is 5.75 Å². The average molecular weight is 267 g/mol. The van der Waals surface area contributed by atoms with Gasteiger partial charge in [-0.25, -0.2) is 0 Å². The second-order valence-corrected chi connectivity index (χ2v) is 6.30. The van der Waals surface area contributed by atoms with Crippen molar-refractivity contribution < 1.29 is 9.90 Å². The van der Waals surface area contributed by atoms with E-state index in [1.807, 2.05) is 25.1 Å². The van der Waals surface area contributed by atoms with Crippen LogP contribution in [0.4, 0.5) is 0 Å². The lowest BCUT2D eigenvalue weighted by atomic mass is 10.1. The topological polar surface area (TPSA) is 49.3 Å². The van der Waals surface area contributed by atoms with Crippen LogP contribution in [0, 0.1) is 0 Å². The van der Waals surface area contributed by atoms with Gasteiger partial charge in [-0.1, -0.05) is 30.3 Å². The third kappa shape index (κ3) is 5.10. The van der Waals surface area contributed by atoms with Crippen molar-refractivity contribution in [2.75, 3.05) is 6.61 Å². The minimum atomic E-state index is -0.557. The first-order valence-electron chi connectivity index (χ1n) is 6.03. The molecule has 0 heterocycles. The number of aliphatic hydroxyl groups is 1. The van der Waals surface area contributed by atoms with Gasteiger partial charge in [-0.05, 0) is 26.3 Å². The highest BCUT2D eigenvalue weighted by Gasteiger charge is 2.22. The van der Waals surface area contributed by atoms with Crippen molar-refractivity contribution in [3.63, 3.8) is 0 Å². The minimum absolute atomic E-state index is 0.0324. The summed E-state index contributed by atoms with van der Waals surface area (Å²) in [6.45, 7) is 5.43. The Morgan fingerprint density at radius 3 is 2.56 bits per heavy atom. The zero-order valence-corrected chi connectivity index (χ0v) is 12.0. The summed E-state index contributed by atoms with van der Waals surface area (Å²) in [7, 11) is 0. The first-order valence-corrected chi connectivity index (χ1v) is 7.08. The van der Waals surface area contributed by atoms with Crippen molar-refractivity contribution in [2.24, 2.45) is 0 Å². The van der Waals surface area contributed by atoms with Gasteiger partial charge in [0.25, 0.3) is 0 Å². The lowest BCUT2D eigenvalue weighted by Gasteiger charge is -2.25. The summed E-state index contributed by atoms with van der Waals surface area (Å²) in [5, 5.41) is 11.8. The Hall–Kier alpha value is -1.00. The van der Waals surface area contributed by atoms with Crippen LogP contribution in [0.5, 0.6) is 0 Å². The molecule has 0 saturated heterocycles. The third-order valence-electron chi connectivity index (χ3n) is 2.57. The van der Waals surface area contributed by atoms with Crippen molar-refractivity contribution in [1.29, 1.82) is 0 Å². The van der Waals surface area contributed by atoms with Crippen LogP contribution in [0.25, 0.3) is 0 Å². The van der Waals surface area contributed by atoms with Crippen LogP contribution in [0.2, 0.25) is 0 Å². The number of nitrogens with one attached hydrogen (secondary N) is 1. The van der Waals surface area contributed by atoms with Crippen molar-refractivity contribution in [2.45, 2.75) is 37.3 Å². The fourth-order valence-corrected chi connectivity index (χ4v) is 2.19. The SMILES string of the molecule is CC(SCc1ccccc1)C(=O)NC(C)(C)CO. The Kier molecular flexibility index (Phi) is 5.69. The smallest absolute Gasteiger partial charge is 0.233 e. The van der Waals surface area contributed by atoms with Crippen molar-refractivity contribution in [3.05, 3.63) is 35.9 Å². The van der Waals surface area contributed by atoms with Gasteiger partial charge in [0.05, 0.1) is 17.4 Å². The fourth-order valence-electron chi connectivity index (χ4n) is 1.35. The Morgan fingerprint density at radius 2 is 2.00 bits per heavy atom. The third-order valence-corrected chi connectivity index (χ3v) is 3.78. The number of thioether (sulfide) groups is 1. The Bertz CT molecular complexity index is 379. The van der Waals surface area contributed by atoms with E-state index in [1.165, 1.54) is 5.56 Å². The van der Waals surface area contributed by atoms with Gasteiger partial charge >= 0.3 is 0 Å². The van der Waals surface area contributed by atoms with E-state index in [4.69, 9.17) is 5.11 Å². The molecule has 0 spiro atoms. The van der Waals surface area contributed by atoms with Crippen molar-refractivity contribution >= 4 is 17.7 Å². The lowest BCUT2D eigenvalue weighted by Crippen LogP contribution is -2.48. The van der Waals surface area contributed by atoms with Gasteiger partial charge in [-0.2, -0.15) is 0 Å². The number of hydrogen-bond acceptors (Lipinski definition) is 3. The summed E-state index contributed by atoms with van der Waals surface area (Å²) in [6.07, 6.45) is 0. The van der Waals surface area contributed by atoms with Crippen LogP contribution in [0.15, 0.2) is 30.3 Å². The molecule has 1 atom stereocenters. The molecule has 3 nitrogen and oxygen atoms in total. The van der Waals surface area contributed by atoms with Crippen LogP contribution in [0.3, 0.4) is 0 Å². The minimum Gasteiger partial charge on any atom is -0.394 e. The Labute approximate surface area is 113 Å². The quantitative estimate of drug-likeness (QED) is 0.830. The summed E-state index contributed by atoms with van der Waals surface area (Å²) < 4.78 is 0. The van der Waals surface area contributed by atoms with Gasteiger partial charge in [0.1, 0.15) is 0 Å². The van der Waals surface area contributed by atoms with E-state index in [2.05, 4.69) is 17.4 Å². The van der Waals surface area contributed by atoms with Crippen LogP contribution < -0.4 is 5.32 Å². The van der Waals surface area contributed by atoms with Crippen LogP contribution in [0.1, 0.15) is 26.3 Å². The maximum absolute atomic E-state index is 11.9. The lowest BCUT2D eigenvalue weighted by molar-refractivity contribution is -0.122. The molecular weight excluding hydrogens is 246 g/mol. The molecule has 0 bridgehead atoms. The van der Waals surface area contributed by atoms with E-state index in [1.54, 1.807) is 25.6 Å². The molecule has 0 radical (unpaired) electrons. The molecule has 4 heteroatoms. The molecule has 2 N–H and O–H groups in total. The number of carbonyl (C=O) groups is 1. The molecule has 1 unspecified atom stereocenters. The van der Waals surface area contributed by atoms with E-state index in [9.17, 15) is 4.79 Å². The molecule has 1 rings (SSSR count). The first kappa shape index (κ1) is 15.1. The molecule has 1 aromatic carbocycles. The van der Waals surface area contributed by atoms with Gasteiger partial charge in [0.2, 0.25) is 5.91 Å². The molecule has 100 valence electrons. The number of aliphatic hydroxyl groups excluding tert-OH is 1. The number of carbonyl (C=O) groups excluding carboxylic acids is 1. The second kappa shape index (κ2) is 6.81. The second-order valence-electron chi connectivity index (χ2n) is 4.97. The number of benzene rings is 1. The summed E-state index contributed by atoms with van der Waals surface area (Å²) in [5.74, 6) is 0.782. The van der Waals surface area contributed by atoms with Gasteiger partial charge < -0.3 is 10.4 Å². The van der Waals surface area contributed by atoms with E-state index in [0.717, 1.165) is 5.75 Å². The average Bonchev–Trinajstić information content (AvgIpc) is 2.36. The van der Waals surface area contributed by atoms with E-state index in [0.29, 0.717) is 0 Å². The monoisotopic (exact) mass is 267 g/mol. The van der Waals surface area contributed by atoms with E-state index < -0.39 is 5.54 Å². The summed E-state index contributed by atoms with van der Waals surface area (Å²) in [4.78, 5) is 11.9. The molecule has 1 amide bonds. The molecular formula is C14H21NO2S. The summed E-state index contributed by atoms with van der Waals surface area (Å²) in [5.41, 5.74) is 0.655. The van der Waals surface area contributed by atoms with Gasteiger partial charge in [-0.15, -0.1) is 11.8 Å². The zero-order chi connectivity index (χ0) is 13.6. The largest absolute Gasteiger partial charge is 0.394 e. The van der Waals surface area contributed by atoms with Crippen LogP contribution >= 0.6 is 11.8 Å². The molecule has 1 aromatic rings. The summed E-state index contributed by atoms with van der Waals surface area (Å²) in [6, 6.07) is 10.1. The predicted molar refractivity (Wildman–Crippen MR) is 76.5 cm³/mol. The normalized spacial score (nSPS) is 13.1. The van der Waals surface area contributed by atoms with Crippen LogP contribution in [-0.2, 0) is 10.5 Å². The molecule has 0 fully saturated rings. The number of amides is 1. The molecule has 0 aliphatic heterocycles. The van der Waals surface area contributed by atoms with E-state index >= 15 is 0 Å². The highest BCUT2D eigenvalue weighted by Crippen LogP contribution is 2.18. The summed E-state index contributed by atoms with van der Waals surface area (Å²) >= 11 is 1.60. The maximum Gasteiger partial charge on any atom is 0.233 e. The predicted octanol–water partition coefficient (Wildman–Crippen LogP) is 2.20. The van der Waals surface area contributed by atoms with Crippen molar-refractivity contribution in [1.82, 2.24) is 5.32 Å². The van der Waals surface area contributed by atoms with E-state index in [-0.39, 0.29) is 17.8 Å². The zero-order valence-electron chi connectivity index (χ0n) is 11.1.